The van der Waals surface area contributed by atoms with Crippen molar-refractivity contribution in [3.63, 3.8) is 0 Å². The minimum atomic E-state index is -0.118. The molecule has 0 bridgehead atoms. The lowest BCUT2D eigenvalue weighted by Gasteiger charge is -2.27. The van der Waals surface area contributed by atoms with Crippen molar-refractivity contribution < 1.29 is 5.11 Å². The van der Waals surface area contributed by atoms with Crippen LogP contribution < -0.4 is 10.6 Å². The Morgan fingerprint density at radius 1 is 1.45 bits per heavy atom. The summed E-state index contributed by atoms with van der Waals surface area (Å²) < 4.78 is 0. The number of nitrogens with one attached hydrogen (secondary N) is 2. The first-order chi connectivity index (χ1) is 9.69. The molecule has 0 atom stereocenters. The van der Waals surface area contributed by atoms with Gasteiger partial charge in [0.15, 0.2) is 5.96 Å². The van der Waals surface area contributed by atoms with Gasteiger partial charge in [-0.1, -0.05) is 0 Å². The molecule has 0 aliphatic heterocycles. The molecule has 1 aromatic heterocycles. The second-order valence-electron chi connectivity index (χ2n) is 5.21. The van der Waals surface area contributed by atoms with Crippen LogP contribution in [-0.4, -0.2) is 34.7 Å². The zero-order valence-electron chi connectivity index (χ0n) is 12.2. The molecule has 0 amide bonds. The molecule has 3 N–H and O–H groups in total. The van der Waals surface area contributed by atoms with Crippen molar-refractivity contribution in [3.05, 3.63) is 16.1 Å². The molecule has 2 rings (SSSR count). The molecule has 5 nitrogen and oxygen atoms in total. The molecule has 112 valence electrons. The lowest BCUT2D eigenvalue weighted by molar-refractivity contribution is 0.120. The van der Waals surface area contributed by atoms with Crippen LogP contribution in [0.2, 0.25) is 0 Å². The summed E-state index contributed by atoms with van der Waals surface area (Å²) in [5, 5.41) is 16.3. The molecule has 1 fully saturated rings. The number of aliphatic imine (C=N–C) groups is 1. The lowest BCUT2D eigenvalue weighted by Crippen LogP contribution is -2.45. The zero-order valence-corrected chi connectivity index (χ0v) is 13.0. The van der Waals surface area contributed by atoms with Gasteiger partial charge in [-0.25, -0.2) is 9.98 Å². The van der Waals surface area contributed by atoms with Gasteiger partial charge in [0, 0.05) is 17.5 Å². The molecule has 0 radical (unpaired) electrons. The van der Waals surface area contributed by atoms with Gasteiger partial charge in [-0.05, 0) is 39.5 Å². The smallest absolute Gasteiger partial charge is 0.191 e. The van der Waals surface area contributed by atoms with Crippen molar-refractivity contribution in [2.24, 2.45) is 4.99 Å². The van der Waals surface area contributed by atoms with E-state index in [9.17, 15) is 5.11 Å². The lowest BCUT2D eigenvalue weighted by atomic mass is 9.93. The molecule has 1 aliphatic rings. The zero-order chi connectivity index (χ0) is 14.4. The highest BCUT2D eigenvalue weighted by atomic mass is 32.1. The number of aromatic nitrogens is 1. The first-order valence-corrected chi connectivity index (χ1v) is 8.19. The normalized spacial score (nSPS) is 23.6. The number of aryl methyl sites for hydroxylation is 1. The Morgan fingerprint density at radius 2 is 2.20 bits per heavy atom. The van der Waals surface area contributed by atoms with Gasteiger partial charge in [0.25, 0.3) is 0 Å². The predicted molar refractivity (Wildman–Crippen MR) is 83.1 cm³/mol. The fourth-order valence-electron chi connectivity index (χ4n) is 2.36. The van der Waals surface area contributed by atoms with Crippen molar-refractivity contribution in [2.45, 2.75) is 58.2 Å². The highest BCUT2D eigenvalue weighted by Crippen LogP contribution is 2.18. The number of guanidine groups is 1. The number of aliphatic hydroxyl groups excluding tert-OH is 1. The van der Waals surface area contributed by atoms with Crippen molar-refractivity contribution in [3.8, 4) is 0 Å². The average Bonchev–Trinajstić information content (AvgIpc) is 2.84. The topological polar surface area (TPSA) is 69.5 Å². The Hall–Kier alpha value is -1.14. The van der Waals surface area contributed by atoms with Crippen LogP contribution in [0.3, 0.4) is 0 Å². The van der Waals surface area contributed by atoms with Gasteiger partial charge in [0.1, 0.15) is 0 Å². The minimum absolute atomic E-state index is 0.118. The Balaban J connectivity index is 1.90. The molecular formula is C14H24N4OS. The van der Waals surface area contributed by atoms with Crippen LogP contribution in [0.15, 0.2) is 10.5 Å². The number of nitrogens with zero attached hydrogens (tertiary/aromatic N) is 2. The van der Waals surface area contributed by atoms with Gasteiger partial charge >= 0.3 is 0 Å². The van der Waals surface area contributed by atoms with Crippen LogP contribution in [0, 0.1) is 6.92 Å². The Morgan fingerprint density at radius 3 is 2.80 bits per heavy atom. The number of thiazole rings is 1. The Kier molecular flexibility index (Phi) is 5.79. The first-order valence-electron chi connectivity index (χ1n) is 7.31. The third-order valence-electron chi connectivity index (χ3n) is 3.61. The molecule has 0 saturated heterocycles. The molecule has 1 saturated carbocycles. The van der Waals surface area contributed by atoms with E-state index in [-0.39, 0.29) is 6.10 Å². The first kappa shape index (κ1) is 15.3. The summed E-state index contributed by atoms with van der Waals surface area (Å²) in [5.74, 6) is 0.863. The van der Waals surface area contributed by atoms with Gasteiger partial charge < -0.3 is 15.7 Å². The van der Waals surface area contributed by atoms with Crippen LogP contribution in [-0.2, 0) is 6.54 Å². The van der Waals surface area contributed by atoms with E-state index in [0.717, 1.165) is 43.9 Å². The monoisotopic (exact) mass is 296 g/mol. The van der Waals surface area contributed by atoms with E-state index in [1.54, 1.807) is 11.3 Å². The molecule has 6 heteroatoms. The maximum Gasteiger partial charge on any atom is 0.191 e. The molecule has 1 aliphatic carbocycles. The summed E-state index contributed by atoms with van der Waals surface area (Å²) in [7, 11) is 0. The fraction of sp³-hybridized carbons (Fsp3) is 0.714. The summed E-state index contributed by atoms with van der Waals surface area (Å²) in [4.78, 5) is 10.1. The van der Waals surface area contributed by atoms with E-state index in [2.05, 4.69) is 27.5 Å². The highest BCUT2D eigenvalue weighted by molar-refractivity contribution is 7.09. The quantitative estimate of drug-likeness (QED) is 0.585. The fourth-order valence-corrected chi connectivity index (χ4v) is 3.06. The van der Waals surface area contributed by atoms with Gasteiger partial charge in [0.2, 0.25) is 0 Å². The average molecular weight is 296 g/mol. The molecule has 1 aromatic rings. The van der Waals surface area contributed by atoms with Crippen molar-refractivity contribution in [2.75, 3.05) is 6.54 Å². The van der Waals surface area contributed by atoms with Gasteiger partial charge in [-0.2, -0.15) is 0 Å². The van der Waals surface area contributed by atoms with E-state index in [1.807, 2.05) is 12.4 Å². The Labute approximate surface area is 124 Å². The van der Waals surface area contributed by atoms with Crippen LogP contribution in [0.4, 0.5) is 0 Å². The summed E-state index contributed by atoms with van der Waals surface area (Å²) in [6.45, 7) is 5.61. The van der Waals surface area contributed by atoms with Crippen LogP contribution in [0.1, 0.15) is 43.2 Å². The number of hydrogen-bond donors (Lipinski definition) is 3. The van der Waals surface area contributed by atoms with Gasteiger partial charge in [0.05, 0.1) is 23.9 Å². The third-order valence-corrected chi connectivity index (χ3v) is 4.53. The minimum Gasteiger partial charge on any atom is -0.393 e. The molecule has 20 heavy (non-hydrogen) atoms. The van der Waals surface area contributed by atoms with Crippen LogP contribution in [0.25, 0.3) is 0 Å². The van der Waals surface area contributed by atoms with E-state index in [0.29, 0.717) is 12.6 Å². The summed E-state index contributed by atoms with van der Waals surface area (Å²) in [6, 6.07) is 0.416. The Bertz CT molecular complexity index is 438. The van der Waals surface area contributed by atoms with Gasteiger partial charge in [-0.3, -0.25) is 0 Å². The third kappa shape index (κ3) is 4.45. The highest BCUT2D eigenvalue weighted by Gasteiger charge is 2.19. The number of rotatable bonds is 4. The van der Waals surface area contributed by atoms with E-state index >= 15 is 0 Å². The second kappa shape index (κ2) is 7.59. The molecule has 0 aromatic carbocycles. The SMILES string of the molecule is CCNC(=NCc1scnc1C)NC1CCC(O)CC1. The largest absolute Gasteiger partial charge is 0.393 e. The standard InChI is InChI=1S/C14H24N4OS/c1-3-15-14(16-8-13-10(2)17-9-20-13)18-11-4-6-12(19)7-5-11/h9,11-12,19H,3-8H2,1-2H3,(H2,15,16,18). The number of aliphatic hydroxyl groups is 1. The van der Waals surface area contributed by atoms with Crippen molar-refractivity contribution >= 4 is 17.3 Å². The summed E-state index contributed by atoms with van der Waals surface area (Å²) in [6.07, 6.45) is 3.65. The molecule has 0 unspecified atom stereocenters. The number of hydrogen-bond acceptors (Lipinski definition) is 4. The van der Waals surface area contributed by atoms with Crippen LogP contribution >= 0.6 is 11.3 Å². The van der Waals surface area contributed by atoms with Gasteiger partial charge in [-0.15, -0.1) is 11.3 Å². The van der Waals surface area contributed by atoms with E-state index in [4.69, 9.17) is 0 Å². The van der Waals surface area contributed by atoms with E-state index < -0.39 is 0 Å². The van der Waals surface area contributed by atoms with E-state index in [1.165, 1.54) is 4.88 Å². The molecular weight excluding hydrogens is 272 g/mol. The molecule has 1 heterocycles. The maximum absolute atomic E-state index is 9.54. The predicted octanol–water partition coefficient (Wildman–Crippen LogP) is 1.81. The second-order valence-corrected chi connectivity index (χ2v) is 6.15. The van der Waals surface area contributed by atoms with Crippen molar-refractivity contribution in [1.82, 2.24) is 15.6 Å². The summed E-state index contributed by atoms with van der Waals surface area (Å²) >= 11 is 1.65. The maximum atomic E-state index is 9.54. The summed E-state index contributed by atoms with van der Waals surface area (Å²) in [5.41, 5.74) is 2.93. The van der Waals surface area contributed by atoms with Crippen molar-refractivity contribution in [1.29, 1.82) is 0 Å². The van der Waals surface area contributed by atoms with Crippen LogP contribution in [0.5, 0.6) is 0 Å². The molecule has 0 spiro atoms.